The maximum atomic E-state index is 11.7. The van der Waals surface area contributed by atoms with Crippen LogP contribution < -0.4 is 15.8 Å². The number of aliphatic hydroxyl groups excluding tert-OH is 1. The van der Waals surface area contributed by atoms with Gasteiger partial charge in [-0.05, 0) is 44.5 Å². The number of unbranched alkanes of at least 4 members (excludes halogenated alkanes) is 2. The van der Waals surface area contributed by atoms with E-state index in [-0.39, 0.29) is 12.5 Å². The highest BCUT2D eigenvalue weighted by Gasteiger charge is 2.07. The molecule has 0 saturated heterocycles. The number of carbonyl (C=O) groups excluding carboxylic acids is 1. The summed E-state index contributed by atoms with van der Waals surface area (Å²) < 4.78 is 5.40. The Hall–Kier alpha value is -1.59. The van der Waals surface area contributed by atoms with Gasteiger partial charge in [0.05, 0.1) is 13.2 Å². The summed E-state index contributed by atoms with van der Waals surface area (Å²) in [6, 6.07) is 5.28. The molecule has 5 nitrogen and oxygen atoms in total. The van der Waals surface area contributed by atoms with Crippen molar-refractivity contribution >= 4 is 11.6 Å². The Balaban J connectivity index is 2.52. The number of hydrogen-bond donors (Lipinski definition) is 3. The van der Waals surface area contributed by atoms with Crippen molar-refractivity contribution in [3.8, 4) is 5.75 Å². The first-order valence-electron chi connectivity index (χ1n) is 7.07. The van der Waals surface area contributed by atoms with Crippen LogP contribution in [0, 0.1) is 0 Å². The van der Waals surface area contributed by atoms with Gasteiger partial charge in [-0.3, -0.25) is 4.79 Å². The van der Waals surface area contributed by atoms with Crippen LogP contribution in [-0.2, 0) is 11.4 Å². The fourth-order valence-corrected chi connectivity index (χ4v) is 1.91. The first-order chi connectivity index (χ1) is 9.71. The molecule has 112 valence electrons. The summed E-state index contributed by atoms with van der Waals surface area (Å²) in [6.07, 6.45) is 3.24. The standard InChI is InChI=1S/C15H24N2O3/c1-2-20-14-8-7-13(10-12(14)11-18)17-15(19)6-4-3-5-9-16/h7-8,10,18H,2-6,9,11,16H2,1H3,(H,17,19). The fourth-order valence-electron chi connectivity index (χ4n) is 1.91. The number of anilines is 1. The molecule has 0 atom stereocenters. The topological polar surface area (TPSA) is 84.6 Å². The summed E-state index contributed by atoms with van der Waals surface area (Å²) in [5.41, 5.74) is 6.76. The molecule has 0 aliphatic rings. The Morgan fingerprint density at radius 3 is 2.80 bits per heavy atom. The molecule has 0 aromatic heterocycles. The number of rotatable bonds is 9. The Morgan fingerprint density at radius 2 is 2.15 bits per heavy atom. The lowest BCUT2D eigenvalue weighted by Crippen LogP contribution is -2.12. The number of aliphatic hydroxyl groups is 1. The molecule has 0 heterocycles. The van der Waals surface area contributed by atoms with Gasteiger partial charge in [-0.15, -0.1) is 0 Å². The molecule has 0 spiro atoms. The quantitative estimate of drug-likeness (QED) is 0.604. The van der Waals surface area contributed by atoms with E-state index in [1.54, 1.807) is 18.2 Å². The zero-order chi connectivity index (χ0) is 14.8. The Bertz CT molecular complexity index is 422. The second kappa shape index (κ2) is 9.34. The van der Waals surface area contributed by atoms with Gasteiger partial charge in [0.25, 0.3) is 0 Å². The summed E-state index contributed by atoms with van der Waals surface area (Å²) in [5, 5.41) is 12.1. The number of carbonyl (C=O) groups is 1. The molecule has 0 aliphatic heterocycles. The highest BCUT2D eigenvalue weighted by molar-refractivity contribution is 5.90. The Morgan fingerprint density at radius 1 is 1.35 bits per heavy atom. The second-order valence-electron chi connectivity index (χ2n) is 4.56. The largest absolute Gasteiger partial charge is 0.494 e. The van der Waals surface area contributed by atoms with E-state index in [0.717, 1.165) is 19.3 Å². The van der Waals surface area contributed by atoms with Gasteiger partial charge in [0.15, 0.2) is 0 Å². The van der Waals surface area contributed by atoms with Gasteiger partial charge in [0.2, 0.25) is 5.91 Å². The van der Waals surface area contributed by atoms with Gasteiger partial charge in [0, 0.05) is 17.7 Å². The van der Waals surface area contributed by atoms with Crippen LogP contribution in [0.15, 0.2) is 18.2 Å². The zero-order valence-electron chi connectivity index (χ0n) is 12.0. The van der Waals surface area contributed by atoms with Gasteiger partial charge in [0.1, 0.15) is 5.75 Å². The van der Waals surface area contributed by atoms with Crippen molar-refractivity contribution in [2.45, 2.75) is 39.2 Å². The number of amides is 1. The molecule has 5 heteroatoms. The van der Waals surface area contributed by atoms with E-state index in [1.807, 2.05) is 6.92 Å². The molecule has 4 N–H and O–H groups in total. The molecular formula is C15H24N2O3. The third-order valence-corrected chi connectivity index (χ3v) is 2.92. The molecular weight excluding hydrogens is 256 g/mol. The van der Waals surface area contributed by atoms with Crippen LogP contribution in [-0.4, -0.2) is 24.2 Å². The van der Waals surface area contributed by atoms with E-state index in [9.17, 15) is 9.90 Å². The molecule has 0 saturated carbocycles. The number of nitrogens with two attached hydrogens (primary N) is 1. The fraction of sp³-hybridized carbons (Fsp3) is 0.533. The lowest BCUT2D eigenvalue weighted by atomic mass is 10.1. The van der Waals surface area contributed by atoms with Crippen molar-refractivity contribution in [3.63, 3.8) is 0 Å². The van der Waals surface area contributed by atoms with Gasteiger partial charge in [-0.2, -0.15) is 0 Å². The highest BCUT2D eigenvalue weighted by Crippen LogP contribution is 2.23. The van der Waals surface area contributed by atoms with Crippen LogP contribution in [0.25, 0.3) is 0 Å². The summed E-state index contributed by atoms with van der Waals surface area (Å²) in [6.45, 7) is 2.98. The summed E-state index contributed by atoms with van der Waals surface area (Å²) in [4.78, 5) is 11.7. The van der Waals surface area contributed by atoms with E-state index < -0.39 is 0 Å². The normalized spacial score (nSPS) is 10.3. The van der Waals surface area contributed by atoms with Gasteiger partial charge < -0.3 is 20.9 Å². The van der Waals surface area contributed by atoms with Crippen LogP contribution in [0.5, 0.6) is 5.75 Å². The summed E-state index contributed by atoms with van der Waals surface area (Å²) in [5.74, 6) is 0.631. The van der Waals surface area contributed by atoms with Gasteiger partial charge in [-0.25, -0.2) is 0 Å². The minimum Gasteiger partial charge on any atom is -0.494 e. The van der Waals surface area contributed by atoms with Crippen LogP contribution in [0.2, 0.25) is 0 Å². The lowest BCUT2D eigenvalue weighted by molar-refractivity contribution is -0.116. The molecule has 1 aromatic rings. The Kier molecular flexibility index (Phi) is 7.69. The third-order valence-electron chi connectivity index (χ3n) is 2.92. The zero-order valence-corrected chi connectivity index (χ0v) is 12.0. The number of nitrogens with one attached hydrogen (secondary N) is 1. The SMILES string of the molecule is CCOc1ccc(NC(=O)CCCCCN)cc1CO. The monoisotopic (exact) mass is 280 g/mol. The second-order valence-corrected chi connectivity index (χ2v) is 4.56. The van der Waals surface area contributed by atoms with Crippen molar-refractivity contribution < 1.29 is 14.6 Å². The molecule has 20 heavy (non-hydrogen) atoms. The van der Waals surface area contributed by atoms with Crippen molar-refractivity contribution in [1.29, 1.82) is 0 Å². The molecule has 1 amide bonds. The molecule has 0 unspecified atom stereocenters. The molecule has 1 rings (SSSR count). The van der Waals surface area contributed by atoms with Crippen LogP contribution in [0.3, 0.4) is 0 Å². The van der Waals surface area contributed by atoms with Crippen LogP contribution in [0.4, 0.5) is 5.69 Å². The first-order valence-corrected chi connectivity index (χ1v) is 7.07. The van der Waals surface area contributed by atoms with Gasteiger partial charge >= 0.3 is 0 Å². The van der Waals surface area contributed by atoms with E-state index in [4.69, 9.17) is 10.5 Å². The molecule has 0 aliphatic carbocycles. The maximum absolute atomic E-state index is 11.7. The van der Waals surface area contributed by atoms with Crippen molar-refractivity contribution in [2.24, 2.45) is 5.73 Å². The minimum atomic E-state index is -0.116. The number of hydrogen-bond acceptors (Lipinski definition) is 4. The first kappa shape index (κ1) is 16.5. The molecule has 1 aromatic carbocycles. The van der Waals surface area contributed by atoms with E-state index in [2.05, 4.69) is 5.32 Å². The van der Waals surface area contributed by atoms with Crippen molar-refractivity contribution in [1.82, 2.24) is 0 Å². The van der Waals surface area contributed by atoms with Crippen LogP contribution in [0.1, 0.15) is 38.2 Å². The van der Waals surface area contributed by atoms with E-state index in [0.29, 0.717) is 36.6 Å². The average molecular weight is 280 g/mol. The maximum Gasteiger partial charge on any atom is 0.224 e. The number of benzene rings is 1. The average Bonchev–Trinajstić information content (AvgIpc) is 2.45. The molecule has 0 fully saturated rings. The third kappa shape index (κ3) is 5.59. The summed E-state index contributed by atoms with van der Waals surface area (Å²) in [7, 11) is 0. The van der Waals surface area contributed by atoms with E-state index >= 15 is 0 Å². The van der Waals surface area contributed by atoms with Gasteiger partial charge in [-0.1, -0.05) is 6.42 Å². The lowest BCUT2D eigenvalue weighted by Gasteiger charge is -2.11. The smallest absolute Gasteiger partial charge is 0.224 e. The molecule has 0 bridgehead atoms. The summed E-state index contributed by atoms with van der Waals surface area (Å²) >= 11 is 0. The van der Waals surface area contributed by atoms with Crippen molar-refractivity contribution in [3.05, 3.63) is 23.8 Å². The highest BCUT2D eigenvalue weighted by atomic mass is 16.5. The predicted molar refractivity (Wildman–Crippen MR) is 79.7 cm³/mol. The minimum absolute atomic E-state index is 0.0185. The number of ether oxygens (including phenoxy) is 1. The van der Waals surface area contributed by atoms with Crippen molar-refractivity contribution in [2.75, 3.05) is 18.5 Å². The predicted octanol–water partition coefficient (Wildman–Crippen LogP) is 2.04. The Labute approximate surface area is 120 Å². The van der Waals surface area contributed by atoms with E-state index in [1.165, 1.54) is 0 Å². The molecule has 0 radical (unpaired) electrons. The van der Waals surface area contributed by atoms with Crippen LogP contribution >= 0.6 is 0 Å².